The number of hydrogen-bond acceptors (Lipinski definition) is 6. The van der Waals surface area contributed by atoms with Crippen LogP contribution in [0.15, 0.2) is 23.2 Å². The van der Waals surface area contributed by atoms with Gasteiger partial charge in [0.15, 0.2) is 11.6 Å². The zero-order valence-corrected chi connectivity index (χ0v) is 15.1. The Labute approximate surface area is 157 Å². The second-order valence-electron chi connectivity index (χ2n) is 5.14. The van der Waals surface area contributed by atoms with Crippen molar-refractivity contribution in [3.05, 3.63) is 28.8 Å². The smallest absolute Gasteiger partial charge is 0.417 e. The van der Waals surface area contributed by atoms with Gasteiger partial charge in [0.05, 0.1) is 17.7 Å². The van der Waals surface area contributed by atoms with Gasteiger partial charge in [-0.3, -0.25) is 0 Å². The standard InChI is InChI=1S/C15H17ClF3N7O/c1-3-22-12-10(27-2)11(20)24-14(25-12)26-13(21)23-7-4-5-9(16)8(6-7)15(17,18)19/h4-6H,3H2,1-2H3,(H6,20,21,22,23,24,25,26). The molecule has 0 radical (unpaired) electrons. The number of nitrogens with one attached hydrogen (secondary N) is 2. The number of aromatic nitrogens is 2. The van der Waals surface area contributed by atoms with Crippen LogP contribution in [0.1, 0.15) is 12.5 Å². The second-order valence-corrected chi connectivity index (χ2v) is 5.54. The summed E-state index contributed by atoms with van der Waals surface area (Å²) < 4.78 is 43.9. The number of rotatable bonds is 5. The van der Waals surface area contributed by atoms with Crippen molar-refractivity contribution in [3.8, 4) is 5.75 Å². The van der Waals surface area contributed by atoms with Gasteiger partial charge in [0.1, 0.15) is 0 Å². The van der Waals surface area contributed by atoms with Gasteiger partial charge < -0.3 is 26.8 Å². The fourth-order valence-electron chi connectivity index (χ4n) is 2.10. The fourth-order valence-corrected chi connectivity index (χ4v) is 2.32. The summed E-state index contributed by atoms with van der Waals surface area (Å²) in [6.45, 7) is 2.38. The molecule has 2 aromatic rings. The number of nitrogens with two attached hydrogens (primary N) is 2. The Bertz CT molecular complexity index is 858. The molecule has 0 bridgehead atoms. The predicted octanol–water partition coefficient (Wildman–Crippen LogP) is 3.23. The molecule has 6 N–H and O–H groups in total. The minimum atomic E-state index is -4.60. The Kier molecular flexibility index (Phi) is 6.16. The van der Waals surface area contributed by atoms with Gasteiger partial charge in [0.2, 0.25) is 11.7 Å². The van der Waals surface area contributed by atoms with E-state index in [-0.39, 0.29) is 29.2 Å². The molecular formula is C15H17ClF3N7O. The number of methoxy groups -OCH3 is 1. The third-order valence-corrected chi connectivity index (χ3v) is 3.52. The average molecular weight is 404 g/mol. The SMILES string of the molecule is CCNc1nc(/N=C(\N)Nc2ccc(Cl)c(C(F)(F)F)c2)nc(N)c1OC. The number of halogens is 4. The monoisotopic (exact) mass is 403 g/mol. The average Bonchev–Trinajstić information content (AvgIpc) is 2.55. The molecule has 1 aromatic carbocycles. The number of alkyl halides is 3. The minimum absolute atomic E-state index is 0.0286. The molecule has 0 fully saturated rings. The molecule has 8 nitrogen and oxygen atoms in total. The molecule has 0 amide bonds. The molecule has 0 aliphatic rings. The molecule has 2 rings (SSSR count). The number of aliphatic imine (C=N–C) groups is 1. The Hall–Kier alpha value is -2.95. The molecule has 0 spiro atoms. The van der Waals surface area contributed by atoms with Crippen molar-refractivity contribution in [1.29, 1.82) is 0 Å². The molecular weight excluding hydrogens is 387 g/mol. The van der Waals surface area contributed by atoms with Crippen LogP contribution in [0, 0.1) is 0 Å². The number of anilines is 3. The maximum Gasteiger partial charge on any atom is 0.417 e. The van der Waals surface area contributed by atoms with E-state index >= 15 is 0 Å². The van der Waals surface area contributed by atoms with Crippen LogP contribution in [-0.4, -0.2) is 29.6 Å². The zero-order chi connectivity index (χ0) is 20.2. The molecule has 146 valence electrons. The van der Waals surface area contributed by atoms with Crippen LogP contribution in [0.4, 0.5) is 36.4 Å². The lowest BCUT2D eigenvalue weighted by Gasteiger charge is -2.12. The summed E-state index contributed by atoms with van der Waals surface area (Å²) in [5.41, 5.74) is 10.6. The van der Waals surface area contributed by atoms with Crippen LogP contribution in [0.2, 0.25) is 5.02 Å². The van der Waals surface area contributed by atoms with Crippen LogP contribution in [0.25, 0.3) is 0 Å². The molecule has 0 aliphatic carbocycles. The molecule has 0 saturated carbocycles. The van der Waals surface area contributed by atoms with Gasteiger partial charge in [0.25, 0.3) is 5.95 Å². The quantitative estimate of drug-likeness (QED) is 0.446. The topological polar surface area (TPSA) is 123 Å². The fraction of sp³-hybridized carbons (Fsp3) is 0.267. The van der Waals surface area contributed by atoms with Crippen LogP contribution < -0.4 is 26.8 Å². The molecule has 0 unspecified atom stereocenters. The van der Waals surface area contributed by atoms with E-state index < -0.39 is 16.8 Å². The highest BCUT2D eigenvalue weighted by Crippen LogP contribution is 2.36. The van der Waals surface area contributed by atoms with Crippen molar-refractivity contribution in [2.24, 2.45) is 10.7 Å². The molecule has 1 aromatic heterocycles. The summed E-state index contributed by atoms with van der Waals surface area (Å²) in [6, 6.07) is 3.25. The second kappa shape index (κ2) is 8.16. The van der Waals surface area contributed by atoms with E-state index in [1.807, 2.05) is 6.92 Å². The normalized spacial score (nSPS) is 12.0. The summed E-state index contributed by atoms with van der Waals surface area (Å²) in [7, 11) is 1.41. The first-order valence-corrected chi connectivity index (χ1v) is 7.96. The molecule has 27 heavy (non-hydrogen) atoms. The highest BCUT2D eigenvalue weighted by Gasteiger charge is 2.33. The maximum absolute atomic E-state index is 12.9. The van der Waals surface area contributed by atoms with Gasteiger partial charge in [-0.05, 0) is 25.1 Å². The maximum atomic E-state index is 12.9. The third kappa shape index (κ3) is 5.03. The van der Waals surface area contributed by atoms with Crippen molar-refractivity contribution in [1.82, 2.24) is 9.97 Å². The van der Waals surface area contributed by atoms with Gasteiger partial charge in [0, 0.05) is 12.2 Å². The molecule has 1 heterocycles. The van der Waals surface area contributed by atoms with Crippen LogP contribution >= 0.6 is 11.6 Å². The lowest BCUT2D eigenvalue weighted by Crippen LogP contribution is -2.22. The number of benzene rings is 1. The third-order valence-electron chi connectivity index (χ3n) is 3.19. The van der Waals surface area contributed by atoms with Gasteiger partial charge >= 0.3 is 6.18 Å². The lowest BCUT2D eigenvalue weighted by molar-refractivity contribution is -0.137. The first-order chi connectivity index (χ1) is 12.7. The van der Waals surface area contributed by atoms with Crippen LogP contribution in [0.5, 0.6) is 5.75 Å². The van der Waals surface area contributed by atoms with E-state index in [1.165, 1.54) is 13.2 Å². The number of nitrogen functional groups attached to an aromatic ring is 1. The Morgan fingerprint density at radius 3 is 2.63 bits per heavy atom. The van der Waals surface area contributed by atoms with Gasteiger partial charge in [-0.15, -0.1) is 0 Å². The van der Waals surface area contributed by atoms with Gasteiger partial charge in [-0.2, -0.15) is 28.1 Å². The van der Waals surface area contributed by atoms with Crippen molar-refractivity contribution in [3.63, 3.8) is 0 Å². The van der Waals surface area contributed by atoms with E-state index in [9.17, 15) is 13.2 Å². The van der Waals surface area contributed by atoms with Gasteiger partial charge in [-0.1, -0.05) is 11.6 Å². The highest BCUT2D eigenvalue weighted by molar-refractivity contribution is 6.31. The van der Waals surface area contributed by atoms with E-state index in [4.69, 9.17) is 27.8 Å². The van der Waals surface area contributed by atoms with E-state index in [0.717, 1.165) is 12.1 Å². The van der Waals surface area contributed by atoms with Crippen molar-refractivity contribution in [2.75, 3.05) is 30.0 Å². The summed E-state index contributed by atoms with van der Waals surface area (Å²) in [5, 5.41) is 5.04. The molecule has 0 saturated heterocycles. The minimum Gasteiger partial charge on any atom is -0.490 e. The number of hydrogen-bond donors (Lipinski definition) is 4. The Morgan fingerprint density at radius 1 is 1.33 bits per heavy atom. The number of guanidine groups is 1. The molecule has 0 atom stereocenters. The van der Waals surface area contributed by atoms with Crippen LogP contribution in [0.3, 0.4) is 0 Å². The summed E-state index contributed by atoms with van der Waals surface area (Å²) in [6.07, 6.45) is -4.60. The van der Waals surface area contributed by atoms with Crippen molar-refractivity contribution in [2.45, 2.75) is 13.1 Å². The number of nitrogens with zero attached hydrogens (tertiary/aromatic N) is 3. The predicted molar refractivity (Wildman–Crippen MR) is 98.5 cm³/mol. The lowest BCUT2D eigenvalue weighted by atomic mass is 10.2. The van der Waals surface area contributed by atoms with Crippen molar-refractivity contribution < 1.29 is 17.9 Å². The summed E-state index contributed by atoms with van der Waals surface area (Å²) in [5.74, 6) is 0.248. The first-order valence-electron chi connectivity index (χ1n) is 7.59. The van der Waals surface area contributed by atoms with E-state index in [2.05, 4.69) is 25.6 Å². The van der Waals surface area contributed by atoms with E-state index in [1.54, 1.807) is 0 Å². The van der Waals surface area contributed by atoms with Crippen LogP contribution in [-0.2, 0) is 6.18 Å². The highest BCUT2D eigenvalue weighted by atomic mass is 35.5. The van der Waals surface area contributed by atoms with Gasteiger partial charge in [-0.25, -0.2) is 0 Å². The summed E-state index contributed by atoms with van der Waals surface area (Å²) in [4.78, 5) is 12.0. The first kappa shape index (κ1) is 20.4. The Morgan fingerprint density at radius 2 is 2.04 bits per heavy atom. The zero-order valence-electron chi connectivity index (χ0n) is 14.4. The largest absolute Gasteiger partial charge is 0.490 e. The van der Waals surface area contributed by atoms with E-state index in [0.29, 0.717) is 12.4 Å². The van der Waals surface area contributed by atoms with Crippen molar-refractivity contribution >= 4 is 40.8 Å². The Balaban J connectivity index is 2.31. The summed E-state index contributed by atoms with van der Waals surface area (Å²) >= 11 is 5.58. The number of ether oxygens (including phenoxy) is 1. The molecule has 12 heteroatoms. The molecule has 0 aliphatic heterocycles.